The molecule has 5 heteroatoms. The van der Waals surface area contributed by atoms with Crippen molar-refractivity contribution in [2.75, 3.05) is 6.54 Å². The molecule has 1 saturated heterocycles. The van der Waals surface area contributed by atoms with E-state index >= 15 is 0 Å². The number of aryl methyl sites for hydroxylation is 1. The first-order valence-corrected chi connectivity index (χ1v) is 7.57. The highest BCUT2D eigenvalue weighted by atomic mass is 19.1. The summed E-state index contributed by atoms with van der Waals surface area (Å²) in [5, 5.41) is 9.19. The molecule has 3 rings (SSSR count). The summed E-state index contributed by atoms with van der Waals surface area (Å²) in [4.78, 5) is 6.60. The van der Waals surface area contributed by atoms with Gasteiger partial charge in [-0.05, 0) is 50.1 Å². The predicted molar refractivity (Wildman–Crippen MR) is 81.5 cm³/mol. The van der Waals surface area contributed by atoms with E-state index in [2.05, 4.69) is 20.5 Å². The van der Waals surface area contributed by atoms with E-state index in [0.29, 0.717) is 18.2 Å². The van der Waals surface area contributed by atoms with Crippen molar-refractivity contribution >= 4 is 0 Å². The van der Waals surface area contributed by atoms with Gasteiger partial charge in [-0.25, -0.2) is 9.37 Å². The lowest BCUT2D eigenvalue weighted by Gasteiger charge is -2.25. The van der Waals surface area contributed by atoms with E-state index in [4.69, 9.17) is 0 Å². The molecule has 0 radical (unpaired) electrons. The van der Waals surface area contributed by atoms with Gasteiger partial charge in [-0.15, -0.1) is 0 Å². The molecule has 22 heavy (non-hydrogen) atoms. The minimum atomic E-state index is -0.282. The number of rotatable bonds is 4. The van der Waals surface area contributed by atoms with Crippen LogP contribution in [0.1, 0.15) is 29.8 Å². The molecule has 0 amide bonds. The molecule has 0 saturated carbocycles. The monoisotopic (exact) mass is 298 g/mol. The number of nitriles is 1. The van der Waals surface area contributed by atoms with Crippen LogP contribution in [0.3, 0.4) is 0 Å². The minimum Gasteiger partial charge on any atom is -0.334 e. The lowest BCUT2D eigenvalue weighted by molar-refractivity contribution is 0.223. The number of aromatic nitrogens is 2. The first-order chi connectivity index (χ1) is 10.7. The lowest BCUT2D eigenvalue weighted by Crippen LogP contribution is -2.33. The fourth-order valence-corrected chi connectivity index (χ4v) is 3.15. The summed E-state index contributed by atoms with van der Waals surface area (Å²) >= 11 is 0. The van der Waals surface area contributed by atoms with Crippen LogP contribution < -0.4 is 0 Å². The molecule has 114 valence electrons. The predicted octanol–water partition coefficient (Wildman–Crippen LogP) is 2.87. The highest BCUT2D eigenvalue weighted by molar-refractivity contribution is 5.37. The van der Waals surface area contributed by atoms with E-state index in [1.54, 1.807) is 6.07 Å². The van der Waals surface area contributed by atoms with Crippen LogP contribution in [0.25, 0.3) is 0 Å². The van der Waals surface area contributed by atoms with Crippen LogP contribution in [0, 0.1) is 24.1 Å². The Balaban J connectivity index is 1.76. The maximum Gasteiger partial charge on any atom is 0.123 e. The third-order valence-corrected chi connectivity index (χ3v) is 4.39. The summed E-state index contributed by atoms with van der Waals surface area (Å²) in [5.74, 6) is 0.727. The molecule has 1 atom stereocenters. The molecule has 1 aromatic heterocycles. The molecule has 0 N–H and O–H groups in total. The standard InChI is InChI=1S/C17H19FN4/c1-13-20-6-8-21(13)12-17-3-2-7-22(17)11-15-9-16(18)5-4-14(15)10-19/h4-6,8-9,17H,2-3,7,11-12H2,1H3. The summed E-state index contributed by atoms with van der Waals surface area (Å²) in [5.41, 5.74) is 1.34. The van der Waals surface area contributed by atoms with Gasteiger partial charge >= 0.3 is 0 Å². The zero-order chi connectivity index (χ0) is 15.5. The highest BCUT2D eigenvalue weighted by Crippen LogP contribution is 2.23. The Morgan fingerprint density at radius 2 is 2.32 bits per heavy atom. The van der Waals surface area contributed by atoms with Gasteiger partial charge in [0.1, 0.15) is 11.6 Å². The normalized spacial score (nSPS) is 18.5. The van der Waals surface area contributed by atoms with Crippen molar-refractivity contribution in [1.29, 1.82) is 5.26 Å². The third-order valence-electron chi connectivity index (χ3n) is 4.39. The Morgan fingerprint density at radius 1 is 1.45 bits per heavy atom. The number of imidazole rings is 1. The molecule has 0 aliphatic carbocycles. The molecule has 1 aliphatic heterocycles. The quantitative estimate of drug-likeness (QED) is 0.872. The van der Waals surface area contributed by atoms with Crippen LogP contribution in [-0.4, -0.2) is 27.0 Å². The minimum absolute atomic E-state index is 0.282. The third kappa shape index (κ3) is 3.02. The molecule has 1 aliphatic rings. The molecule has 2 aromatic rings. The van der Waals surface area contributed by atoms with Crippen molar-refractivity contribution in [1.82, 2.24) is 14.5 Å². The van der Waals surface area contributed by atoms with Gasteiger partial charge in [-0.3, -0.25) is 4.90 Å². The molecule has 0 bridgehead atoms. The van der Waals surface area contributed by atoms with Gasteiger partial charge in [0.25, 0.3) is 0 Å². The Hall–Kier alpha value is -2.19. The Kier molecular flexibility index (Phi) is 4.21. The fraction of sp³-hybridized carbons (Fsp3) is 0.412. The van der Waals surface area contributed by atoms with Gasteiger partial charge in [-0.2, -0.15) is 5.26 Å². The summed E-state index contributed by atoms with van der Waals surface area (Å²) in [6.07, 6.45) is 6.06. The maximum absolute atomic E-state index is 13.5. The molecule has 2 heterocycles. The van der Waals surface area contributed by atoms with Crippen molar-refractivity contribution in [2.24, 2.45) is 0 Å². The van der Waals surface area contributed by atoms with E-state index in [-0.39, 0.29) is 5.82 Å². The maximum atomic E-state index is 13.5. The number of benzene rings is 1. The van der Waals surface area contributed by atoms with E-state index < -0.39 is 0 Å². The van der Waals surface area contributed by atoms with Gasteiger partial charge in [0.05, 0.1) is 11.6 Å². The number of hydrogen-bond acceptors (Lipinski definition) is 3. The molecule has 1 unspecified atom stereocenters. The molecule has 1 aromatic carbocycles. The summed E-state index contributed by atoms with van der Waals surface area (Å²) < 4.78 is 15.6. The lowest BCUT2D eigenvalue weighted by atomic mass is 10.1. The number of halogens is 1. The van der Waals surface area contributed by atoms with Crippen LogP contribution in [0.4, 0.5) is 4.39 Å². The van der Waals surface area contributed by atoms with E-state index in [1.807, 2.05) is 19.3 Å². The summed E-state index contributed by atoms with van der Waals surface area (Å²) in [7, 11) is 0. The van der Waals surface area contributed by atoms with Gasteiger partial charge in [0.15, 0.2) is 0 Å². The number of likely N-dealkylation sites (tertiary alicyclic amines) is 1. The zero-order valence-electron chi connectivity index (χ0n) is 12.7. The van der Waals surface area contributed by atoms with Gasteiger partial charge in [0, 0.05) is 31.5 Å². The first-order valence-electron chi connectivity index (χ1n) is 7.57. The second kappa shape index (κ2) is 6.29. The van der Waals surface area contributed by atoms with E-state index in [9.17, 15) is 9.65 Å². The van der Waals surface area contributed by atoms with Crippen LogP contribution in [0.15, 0.2) is 30.6 Å². The van der Waals surface area contributed by atoms with Crippen molar-refractivity contribution in [2.45, 2.75) is 38.9 Å². The number of hydrogen-bond donors (Lipinski definition) is 0. The topological polar surface area (TPSA) is 44.9 Å². The van der Waals surface area contributed by atoms with Gasteiger partial charge in [-0.1, -0.05) is 0 Å². The van der Waals surface area contributed by atoms with Crippen LogP contribution >= 0.6 is 0 Å². The fourth-order valence-electron chi connectivity index (χ4n) is 3.15. The van der Waals surface area contributed by atoms with Crippen LogP contribution in [0.5, 0.6) is 0 Å². The Morgan fingerprint density at radius 3 is 3.05 bits per heavy atom. The van der Waals surface area contributed by atoms with Crippen molar-refractivity contribution in [3.8, 4) is 6.07 Å². The zero-order valence-corrected chi connectivity index (χ0v) is 12.7. The Labute approximate surface area is 129 Å². The first kappa shape index (κ1) is 14.7. The number of nitrogens with zero attached hydrogens (tertiary/aromatic N) is 4. The Bertz CT molecular complexity index is 701. The molecule has 0 spiro atoms. The second-order valence-electron chi connectivity index (χ2n) is 5.81. The second-order valence-corrected chi connectivity index (χ2v) is 5.81. The van der Waals surface area contributed by atoms with Crippen LogP contribution in [-0.2, 0) is 13.1 Å². The molecule has 4 nitrogen and oxygen atoms in total. The van der Waals surface area contributed by atoms with Crippen molar-refractivity contribution in [3.63, 3.8) is 0 Å². The molecular formula is C17H19FN4. The van der Waals surface area contributed by atoms with Crippen molar-refractivity contribution in [3.05, 3.63) is 53.4 Å². The average Bonchev–Trinajstić information content (AvgIpc) is 3.10. The van der Waals surface area contributed by atoms with Gasteiger partial charge in [0.2, 0.25) is 0 Å². The van der Waals surface area contributed by atoms with Crippen LogP contribution in [0.2, 0.25) is 0 Å². The van der Waals surface area contributed by atoms with E-state index in [0.717, 1.165) is 37.3 Å². The highest BCUT2D eigenvalue weighted by Gasteiger charge is 2.25. The summed E-state index contributed by atoms with van der Waals surface area (Å²) in [6, 6.07) is 6.96. The largest absolute Gasteiger partial charge is 0.334 e. The summed E-state index contributed by atoms with van der Waals surface area (Å²) in [6.45, 7) is 4.50. The smallest absolute Gasteiger partial charge is 0.123 e. The molecular weight excluding hydrogens is 279 g/mol. The van der Waals surface area contributed by atoms with Crippen molar-refractivity contribution < 1.29 is 4.39 Å². The SMILES string of the molecule is Cc1nccn1CC1CCCN1Cc1cc(F)ccc1C#N. The van der Waals surface area contributed by atoms with E-state index in [1.165, 1.54) is 12.1 Å². The van der Waals surface area contributed by atoms with Gasteiger partial charge < -0.3 is 4.57 Å². The molecule has 1 fully saturated rings. The average molecular weight is 298 g/mol.